The van der Waals surface area contributed by atoms with Crippen LogP contribution in [-0.4, -0.2) is 22.7 Å². The third-order valence-corrected chi connectivity index (χ3v) is 2.42. The maximum atomic E-state index is 11.6. The molecule has 1 aromatic heterocycles. The summed E-state index contributed by atoms with van der Waals surface area (Å²) in [6.07, 6.45) is 1.34. The van der Waals surface area contributed by atoms with Gasteiger partial charge in [0.05, 0.1) is 6.20 Å². The number of carbonyl (C=O) groups is 1. The molecule has 6 nitrogen and oxygen atoms in total. The minimum Gasteiger partial charge on any atom is -0.484 e. The second-order valence-corrected chi connectivity index (χ2v) is 3.92. The Hall–Kier alpha value is -2.81. The second-order valence-electron chi connectivity index (χ2n) is 3.92. The van der Waals surface area contributed by atoms with Crippen LogP contribution in [0.2, 0.25) is 0 Å². The molecule has 0 unspecified atom stereocenters. The zero-order valence-corrected chi connectivity index (χ0v) is 10.3. The average molecular weight is 256 g/mol. The first-order valence-electron chi connectivity index (χ1n) is 5.62. The number of H-pyrrole nitrogens is 1. The number of amides is 1. The number of benzene rings is 1. The van der Waals surface area contributed by atoms with Gasteiger partial charge in [-0.1, -0.05) is 17.7 Å². The van der Waals surface area contributed by atoms with E-state index in [-0.39, 0.29) is 23.9 Å². The van der Waals surface area contributed by atoms with Crippen LogP contribution in [0.15, 0.2) is 30.5 Å². The molecule has 0 fully saturated rings. The fourth-order valence-electron chi connectivity index (χ4n) is 1.43. The SMILES string of the molecule is Cc1ccc(OCC(=O)Nc2[nH]ncc2C#N)cc1. The van der Waals surface area contributed by atoms with Crippen LogP contribution < -0.4 is 10.1 Å². The number of aromatic amines is 1. The van der Waals surface area contributed by atoms with E-state index in [0.717, 1.165) is 5.56 Å². The Kier molecular flexibility index (Phi) is 3.78. The number of carbonyl (C=O) groups excluding carboxylic acids is 1. The number of ether oxygens (including phenoxy) is 1. The Morgan fingerprint density at radius 3 is 2.89 bits per heavy atom. The van der Waals surface area contributed by atoms with Crippen molar-refractivity contribution in [2.45, 2.75) is 6.92 Å². The van der Waals surface area contributed by atoms with Crippen molar-refractivity contribution < 1.29 is 9.53 Å². The zero-order chi connectivity index (χ0) is 13.7. The van der Waals surface area contributed by atoms with E-state index >= 15 is 0 Å². The van der Waals surface area contributed by atoms with E-state index in [1.54, 1.807) is 12.1 Å². The van der Waals surface area contributed by atoms with E-state index < -0.39 is 0 Å². The normalized spacial score (nSPS) is 9.68. The van der Waals surface area contributed by atoms with Crippen LogP contribution in [-0.2, 0) is 4.79 Å². The van der Waals surface area contributed by atoms with Gasteiger partial charge >= 0.3 is 0 Å². The van der Waals surface area contributed by atoms with E-state index in [4.69, 9.17) is 10.00 Å². The molecular formula is C13H12N4O2. The van der Waals surface area contributed by atoms with E-state index in [9.17, 15) is 4.79 Å². The third-order valence-electron chi connectivity index (χ3n) is 2.42. The van der Waals surface area contributed by atoms with Crippen molar-refractivity contribution in [2.75, 3.05) is 11.9 Å². The van der Waals surface area contributed by atoms with Crippen molar-refractivity contribution in [1.82, 2.24) is 10.2 Å². The standard InChI is InChI=1S/C13H12N4O2/c1-9-2-4-11(5-3-9)19-8-12(18)16-13-10(6-14)7-15-17-13/h2-5,7H,8H2,1H3,(H2,15,16,17,18). The molecule has 0 bridgehead atoms. The van der Waals surface area contributed by atoms with Gasteiger partial charge in [-0.15, -0.1) is 0 Å². The van der Waals surface area contributed by atoms with E-state index in [0.29, 0.717) is 5.75 Å². The van der Waals surface area contributed by atoms with Crippen molar-refractivity contribution in [3.63, 3.8) is 0 Å². The van der Waals surface area contributed by atoms with Crippen LogP contribution in [0.25, 0.3) is 0 Å². The number of nitrogens with one attached hydrogen (secondary N) is 2. The van der Waals surface area contributed by atoms with Crippen LogP contribution in [0.1, 0.15) is 11.1 Å². The van der Waals surface area contributed by atoms with Gasteiger partial charge in [-0.05, 0) is 19.1 Å². The van der Waals surface area contributed by atoms with Crippen LogP contribution in [0.4, 0.5) is 5.82 Å². The number of hydrogen-bond acceptors (Lipinski definition) is 4. The molecule has 0 spiro atoms. The van der Waals surface area contributed by atoms with Crippen LogP contribution in [0, 0.1) is 18.3 Å². The first kappa shape index (κ1) is 12.6. The molecule has 0 saturated carbocycles. The summed E-state index contributed by atoms with van der Waals surface area (Å²) in [4.78, 5) is 11.6. The molecule has 6 heteroatoms. The maximum Gasteiger partial charge on any atom is 0.263 e. The molecule has 0 saturated heterocycles. The Morgan fingerprint density at radius 1 is 1.47 bits per heavy atom. The summed E-state index contributed by atoms with van der Waals surface area (Å²) in [5.74, 6) is 0.534. The van der Waals surface area contributed by atoms with Gasteiger partial charge in [0.25, 0.3) is 5.91 Å². The van der Waals surface area contributed by atoms with Gasteiger partial charge in [-0.25, -0.2) is 0 Å². The minimum absolute atomic E-state index is 0.132. The van der Waals surface area contributed by atoms with Crippen LogP contribution in [0.5, 0.6) is 5.75 Å². The van der Waals surface area contributed by atoms with E-state index in [2.05, 4.69) is 15.5 Å². The van der Waals surface area contributed by atoms with Gasteiger partial charge in [0.2, 0.25) is 0 Å². The molecular weight excluding hydrogens is 244 g/mol. The monoisotopic (exact) mass is 256 g/mol. The molecule has 0 radical (unpaired) electrons. The quantitative estimate of drug-likeness (QED) is 0.869. The van der Waals surface area contributed by atoms with E-state index in [1.807, 2.05) is 25.1 Å². The molecule has 2 aromatic rings. The molecule has 0 atom stereocenters. The number of rotatable bonds is 4. The lowest BCUT2D eigenvalue weighted by molar-refractivity contribution is -0.118. The number of nitriles is 1. The lowest BCUT2D eigenvalue weighted by Gasteiger charge is -2.06. The Morgan fingerprint density at radius 2 is 2.21 bits per heavy atom. The van der Waals surface area contributed by atoms with Gasteiger partial charge in [0.15, 0.2) is 6.61 Å². The van der Waals surface area contributed by atoms with Crippen molar-refractivity contribution in [1.29, 1.82) is 5.26 Å². The molecule has 2 rings (SSSR count). The largest absolute Gasteiger partial charge is 0.484 e. The highest BCUT2D eigenvalue weighted by Crippen LogP contribution is 2.12. The topological polar surface area (TPSA) is 90.8 Å². The molecule has 1 heterocycles. The highest BCUT2D eigenvalue weighted by atomic mass is 16.5. The zero-order valence-electron chi connectivity index (χ0n) is 10.3. The summed E-state index contributed by atoms with van der Waals surface area (Å²) in [6, 6.07) is 9.29. The van der Waals surface area contributed by atoms with Gasteiger partial charge in [0.1, 0.15) is 23.2 Å². The highest BCUT2D eigenvalue weighted by Gasteiger charge is 2.09. The summed E-state index contributed by atoms with van der Waals surface area (Å²) in [6.45, 7) is 1.84. The number of aryl methyl sites for hydroxylation is 1. The van der Waals surface area contributed by atoms with Crippen molar-refractivity contribution in [2.24, 2.45) is 0 Å². The van der Waals surface area contributed by atoms with Crippen LogP contribution >= 0.6 is 0 Å². The molecule has 0 aliphatic rings. The van der Waals surface area contributed by atoms with E-state index in [1.165, 1.54) is 6.20 Å². The van der Waals surface area contributed by atoms with Crippen molar-refractivity contribution in [3.8, 4) is 11.8 Å². The van der Waals surface area contributed by atoms with Gasteiger partial charge in [0, 0.05) is 0 Å². The maximum absolute atomic E-state index is 11.6. The summed E-state index contributed by atoms with van der Waals surface area (Å²) >= 11 is 0. The van der Waals surface area contributed by atoms with Crippen molar-refractivity contribution >= 4 is 11.7 Å². The lowest BCUT2D eigenvalue weighted by atomic mass is 10.2. The summed E-state index contributed by atoms with van der Waals surface area (Å²) in [5.41, 5.74) is 1.40. The lowest BCUT2D eigenvalue weighted by Crippen LogP contribution is -2.20. The highest BCUT2D eigenvalue weighted by molar-refractivity contribution is 5.92. The van der Waals surface area contributed by atoms with Crippen LogP contribution in [0.3, 0.4) is 0 Å². The molecule has 96 valence electrons. The Bertz CT molecular complexity index is 610. The summed E-state index contributed by atoms with van der Waals surface area (Å²) in [5, 5.41) is 17.5. The van der Waals surface area contributed by atoms with Gasteiger partial charge < -0.3 is 10.1 Å². The molecule has 0 aliphatic carbocycles. The predicted molar refractivity (Wildman–Crippen MR) is 68.6 cm³/mol. The fraction of sp³-hybridized carbons (Fsp3) is 0.154. The molecule has 0 aliphatic heterocycles. The van der Waals surface area contributed by atoms with Crippen molar-refractivity contribution in [3.05, 3.63) is 41.6 Å². The first-order valence-corrected chi connectivity index (χ1v) is 5.62. The molecule has 19 heavy (non-hydrogen) atoms. The number of nitrogens with zero attached hydrogens (tertiary/aromatic N) is 2. The second kappa shape index (κ2) is 5.69. The number of hydrogen-bond donors (Lipinski definition) is 2. The van der Waals surface area contributed by atoms with Gasteiger partial charge in [-0.2, -0.15) is 10.4 Å². The Balaban J connectivity index is 1.89. The molecule has 1 amide bonds. The minimum atomic E-state index is -0.360. The summed E-state index contributed by atoms with van der Waals surface area (Å²) < 4.78 is 5.32. The fourth-order valence-corrected chi connectivity index (χ4v) is 1.43. The third kappa shape index (κ3) is 3.33. The smallest absolute Gasteiger partial charge is 0.263 e. The summed E-state index contributed by atoms with van der Waals surface area (Å²) in [7, 11) is 0. The number of aromatic nitrogens is 2. The Labute approximate surface area is 110 Å². The predicted octanol–water partition coefficient (Wildman–Crippen LogP) is 1.61. The number of anilines is 1. The first-order chi connectivity index (χ1) is 9.19. The molecule has 1 aromatic carbocycles. The molecule has 2 N–H and O–H groups in total. The average Bonchev–Trinajstić information content (AvgIpc) is 2.85. The van der Waals surface area contributed by atoms with Gasteiger partial charge in [-0.3, -0.25) is 9.89 Å².